The number of hydrogen-bond donors (Lipinski definition) is 0. The summed E-state index contributed by atoms with van der Waals surface area (Å²) in [7, 11) is 0. The van der Waals surface area contributed by atoms with Crippen LogP contribution in [0.25, 0.3) is 11.1 Å². The highest BCUT2D eigenvalue weighted by molar-refractivity contribution is 5.98. The fourth-order valence-electron chi connectivity index (χ4n) is 4.56. The van der Waals surface area contributed by atoms with Crippen LogP contribution < -0.4 is 4.74 Å². The Balaban J connectivity index is 1.59. The molecule has 0 spiro atoms. The van der Waals surface area contributed by atoms with Crippen LogP contribution in [0.15, 0.2) is 72.8 Å². The summed E-state index contributed by atoms with van der Waals surface area (Å²) in [5, 5.41) is 0. The Kier molecular flexibility index (Phi) is 8.77. The lowest BCUT2D eigenvalue weighted by Crippen LogP contribution is -2.33. The number of likely N-dealkylation sites (tertiary alicyclic amines) is 1. The second-order valence-electron chi connectivity index (χ2n) is 8.78. The highest BCUT2D eigenvalue weighted by Gasteiger charge is 2.15. The van der Waals surface area contributed by atoms with Crippen LogP contribution in [0.1, 0.15) is 62.1 Å². The van der Waals surface area contributed by atoms with Gasteiger partial charge in [-0.25, -0.2) is 0 Å². The van der Waals surface area contributed by atoms with E-state index < -0.39 is 0 Å². The molecule has 1 aliphatic heterocycles. The van der Waals surface area contributed by atoms with Crippen LogP contribution in [0, 0.1) is 12.1 Å². The molecule has 0 N–H and O–H groups in total. The molecule has 1 saturated heterocycles. The van der Waals surface area contributed by atoms with Gasteiger partial charge in [-0.15, -0.1) is 0 Å². The maximum absolute atomic E-state index is 6.08. The van der Waals surface area contributed by atoms with Crippen molar-refractivity contribution in [3.8, 4) is 5.75 Å². The van der Waals surface area contributed by atoms with E-state index in [1.807, 2.05) is 24.3 Å². The van der Waals surface area contributed by atoms with Gasteiger partial charge in [0.2, 0.25) is 0 Å². The van der Waals surface area contributed by atoms with Crippen molar-refractivity contribution in [3.63, 3.8) is 0 Å². The van der Waals surface area contributed by atoms with E-state index in [4.69, 9.17) is 4.74 Å². The molecule has 4 rings (SSSR count). The molecule has 0 aromatic heterocycles. The molecule has 0 atom stereocenters. The highest BCUT2D eigenvalue weighted by atomic mass is 16.5. The summed E-state index contributed by atoms with van der Waals surface area (Å²) in [6.07, 6.45) is 7.34. The zero-order valence-electron chi connectivity index (χ0n) is 19.9. The average Bonchev–Trinajstić information content (AvgIpc) is 2.89. The molecule has 1 heterocycles. The van der Waals surface area contributed by atoms with Crippen LogP contribution in [0.5, 0.6) is 5.75 Å². The van der Waals surface area contributed by atoms with Crippen LogP contribution in [-0.2, 0) is 0 Å². The molecular formula is C31H35NO. The molecule has 1 fully saturated rings. The summed E-state index contributed by atoms with van der Waals surface area (Å²) in [4.78, 5) is 2.52. The number of allylic oxidation sites excluding steroid dienone is 1. The topological polar surface area (TPSA) is 12.5 Å². The van der Waals surface area contributed by atoms with Gasteiger partial charge in [0.1, 0.15) is 12.4 Å². The lowest BCUT2D eigenvalue weighted by atomic mass is 9.87. The predicted molar refractivity (Wildman–Crippen MR) is 138 cm³/mol. The van der Waals surface area contributed by atoms with Crippen molar-refractivity contribution in [2.45, 2.75) is 45.4 Å². The van der Waals surface area contributed by atoms with Gasteiger partial charge >= 0.3 is 0 Å². The first kappa shape index (κ1) is 23.3. The molecule has 3 aromatic rings. The normalized spacial score (nSPS) is 14.1. The number of rotatable bonds is 10. The number of ether oxygens (including phenoxy) is 1. The largest absolute Gasteiger partial charge is 0.492 e. The van der Waals surface area contributed by atoms with E-state index >= 15 is 0 Å². The standard InChI is InChI=1S/C31H35NO/c1-2-3-17-30(31(27-13-7-4-8-14-27)28-15-9-5-10-16-28)26-18-20-29(21-19-26)33-25-24-32-22-11-6-12-23-32/h4-5,7-10,13,15,18-21H,2-3,6,11-12,17,22-25H2,1H3. The van der Waals surface area contributed by atoms with E-state index in [1.165, 1.54) is 49.1 Å². The first-order chi connectivity index (χ1) is 16.3. The highest BCUT2D eigenvalue weighted by Crippen LogP contribution is 2.35. The number of hydrogen-bond acceptors (Lipinski definition) is 2. The molecule has 2 nitrogen and oxygen atoms in total. The smallest absolute Gasteiger partial charge is 0.119 e. The van der Waals surface area contributed by atoms with Gasteiger partial charge in [-0.1, -0.05) is 80.4 Å². The first-order valence-electron chi connectivity index (χ1n) is 12.5. The zero-order chi connectivity index (χ0) is 22.7. The Labute approximate surface area is 199 Å². The Morgan fingerprint density at radius 3 is 2.09 bits per heavy atom. The van der Waals surface area contributed by atoms with Gasteiger partial charge in [0.25, 0.3) is 0 Å². The lowest BCUT2D eigenvalue weighted by molar-refractivity contribution is 0.183. The van der Waals surface area contributed by atoms with E-state index in [1.54, 1.807) is 0 Å². The van der Waals surface area contributed by atoms with Gasteiger partial charge in [0, 0.05) is 6.54 Å². The third-order valence-electron chi connectivity index (χ3n) is 6.37. The van der Waals surface area contributed by atoms with E-state index in [9.17, 15) is 0 Å². The zero-order valence-corrected chi connectivity index (χ0v) is 19.9. The Hall–Kier alpha value is -2.84. The Morgan fingerprint density at radius 2 is 1.52 bits per heavy atom. The monoisotopic (exact) mass is 437 g/mol. The molecule has 2 radical (unpaired) electrons. The third kappa shape index (κ3) is 6.58. The van der Waals surface area contributed by atoms with Crippen molar-refractivity contribution in [3.05, 3.63) is 102 Å². The quantitative estimate of drug-likeness (QED) is 0.309. The van der Waals surface area contributed by atoms with E-state index in [0.717, 1.165) is 49.3 Å². The minimum Gasteiger partial charge on any atom is -0.492 e. The van der Waals surface area contributed by atoms with Gasteiger partial charge in [-0.2, -0.15) is 0 Å². The molecule has 0 saturated carbocycles. The Morgan fingerprint density at radius 1 is 0.848 bits per heavy atom. The molecular weight excluding hydrogens is 402 g/mol. The number of piperidine rings is 1. The van der Waals surface area contributed by atoms with E-state index in [2.05, 4.69) is 72.5 Å². The summed E-state index contributed by atoms with van der Waals surface area (Å²) < 4.78 is 6.08. The summed E-state index contributed by atoms with van der Waals surface area (Å²) in [6, 6.07) is 32.1. The molecule has 0 amide bonds. The Bertz CT molecular complexity index is 945. The molecule has 2 heteroatoms. The van der Waals surface area contributed by atoms with Crippen LogP contribution in [0.4, 0.5) is 0 Å². The van der Waals surface area contributed by atoms with Crippen LogP contribution in [0.3, 0.4) is 0 Å². The van der Waals surface area contributed by atoms with Crippen molar-refractivity contribution in [2.24, 2.45) is 0 Å². The molecule has 170 valence electrons. The van der Waals surface area contributed by atoms with Gasteiger partial charge in [0.05, 0.1) is 0 Å². The van der Waals surface area contributed by atoms with Gasteiger partial charge < -0.3 is 4.74 Å². The fourth-order valence-corrected chi connectivity index (χ4v) is 4.56. The first-order valence-corrected chi connectivity index (χ1v) is 12.5. The summed E-state index contributed by atoms with van der Waals surface area (Å²) in [5.74, 6) is 0.949. The minimum absolute atomic E-state index is 0.751. The van der Waals surface area contributed by atoms with Gasteiger partial charge in [0.15, 0.2) is 0 Å². The maximum Gasteiger partial charge on any atom is 0.119 e. The third-order valence-corrected chi connectivity index (χ3v) is 6.37. The van der Waals surface area contributed by atoms with Crippen LogP contribution in [0.2, 0.25) is 0 Å². The van der Waals surface area contributed by atoms with Crippen molar-refractivity contribution in [1.82, 2.24) is 4.90 Å². The van der Waals surface area contributed by atoms with Crippen molar-refractivity contribution in [1.29, 1.82) is 0 Å². The molecule has 3 aromatic carbocycles. The van der Waals surface area contributed by atoms with Crippen LogP contribution >= 0.6 is 0 Å². The second-order valence-corrected chi connectivity index (χ2v) is 8.78. The van der Waals surface area contributed by atoms with Crippen molar-refractivity contribution in [2.75, 3.05) is 26.2 Å². The molecule has 0 unspecified atom stereocenters. The molecule has 0 aliphatic carbocycles. The predicted octanol–water partition coefficient (Wildman–Crippen LogP) is 7.30. The number of benzene rings is 3. The minimum atomic E-state index is 0.751. The summed E-state index contributed by atoms with van der Waals surface area (Å²) in [6.45, 7) is 6.44. The SMILES string of the molecule is CCCCC(=C(c1[c]cccc1)c1[c]cccc1)c1ccc(OCCN2CCCCC2)cc1. The van der Waals surface area contributed by atoms with Gasteiger partial charge in [-0.3, -0.25) is 4.90 Å². The van der Waals surface area contributed by atoms with Crippen LogP contribution in [-0.4, -0.2) is 31.1 Å². The van der Waals surface area contributed by atoms with Crippen molar-refractivity contribution >= 4 is 11.1 Å². The average molecular weight is 438 g/mol. The fraction of sp³-hybridized carbons (Fsp3) is 0.355. The van der Waals surface area contributed by atoms with Crippen molar-refractivity contribution < 1.29 is 4.74 Å². The lowest BCUT2D eigenvalue weighted by Gasteiger charge is -2.26. The molecule has 0 bridgehead atoms. The van der Waals surface area contributed by atoms with E-state index in [0.29, 0.717) is 0 Å². The number of nitrogens with zero attached hydrogens (tertiary/aromatic N) is 1. The molecule has 1 aliphatic rings. The number of unbranched alkanes of at least 4 members (excludes halogenated alkanes) is 1. The summed E-state index contributed by atoms with van der Waals surface area (Å²) >= 11 is 0. The summed E-state index contributed by atoms with van der Waals surface area (Å²) in [5.41, 5.74) is 6.06. The second kappa shape index (κ2) is 12.4. The van der Waals surface area contributed by atoms with E-state index in [-0.39, 0.29) is 0 Å². The maximum atomic E-state index is 6.08. The van der Waals surface area contributed by atoms with Gasteiger partial charge in [-0.05, 0) is 90.9 Å². The molecule has 33 heavy (non-hydrogen) atoms.